The van der Waals surface area contributed by atoms with Gasteiger partial charge < -0.3 is 19.7 Å². The molecule has 10 heteroatoms. The van der Waals surface area contributed by atoms with Crippen LogP contribution in [0.3, 0.4) is 0 Å². The van der Waals surface area contributed by atoms with E-state index in [0.717, 1.165) is 47.4 Å². The quantitative estimate of drug-likeness (QED) is 0.520. The normalized spacial score (nSPS) is 16.4. The fourth-order valence-electron chi connectivity index (χ4n) is 4.92. The molecule has 1 fully saturated rings. The Balaban J connectivity index is 1.60. The van der Waals surface area contributed by atoms with Gasteiger partial charge in [-0.3, -0.25) is 13.9 Å². The summed E-state index contributed by atoms with van der Waals surface area (Å²) >= 11 is 0. The third-order valence-electron chi connectivity index (χ3n) is 7.21. The number of fused-ring (bicyclic) bond motifs is 1. The Kier molecular flexibility index (Phi) is 8.81. The third-order valence-corrected chi connectivity index (χ3v) is 8.35. The summed E-state index contributed by atoms with van der Waals surface area (Å²) in [4.78, 5) is 28.5. The summed E-state index contributed by atoms with van der Waals surface area (Å²) in [6, 6.07) is 11.8. The van der Waals surface area contributed by atoms with Crippen molar-refractivity contribution in [2.45, 2.75) is 64.6 Å². The van der Waals surface area contributed by atoms with E-state index in [1.807, 2.05) is 31.2 Å². The van der Waals surface area contributed by atoms with Gasteiger partial charge in [-0.15, -0.1) is 0 Å². The van der Waals surface area contributed by atoms with Crippen molar-refractivity contribution >= 4 is 27.5 Å². The van der Waals surface area contributed by atoms with Crippen LogP contribution in [0.25, 0.3) is 0 Å². The van der Waals surface area contributed by atoms with Crippen molar-refractivity contribution in [3.05, 3.63) is 53.6 Å². The number of amides is 2. The fourth-order valence-corrected chi connectivity index (χ4v) is 5.76. The van der Waals surface area contributed by atoms with Crippen LogP contribution >= 0.6 is 0 Å². The van der Waals surface area contributed by atoms with Gasteiger partial charge in [-0.05, 0) is 49.9 Å². The van der Waals surface area contributed by atoms with Crippen molar-refractivity contribution in [2.24, 2.45) is 0 Å². The van der Waals surface area contributed by atoms with Crippen LogP contribution in [-0.4, -0.2) is 63.2 Å². The van der Waals surface area contributed by atoms with Crippen molar-refractivity contribution < 1.29 is 27.5 Å². The van der Waals surface area contributed by atoms with Crippen LogP contribution in [0.4, 0.5) is 5.69 Å². The predicted octanol–water partition coefficient (Wildman–Crippen LogP) is 3.40. The largest absolute Gasteiger partial charge is 0.486 e. The van der Waals surface area contributed by atoms with Gasteiger partial charge in [0, 0.05) is 18.7 Å². The molecule has 1 aliphatic heterocycles. The van der Waals surface area contributed by atoms with E-state index in [2.05, 4.69) is 5.32 Å². The van der Waals surface area contributed by atoms with Gasteiger partial charge in [0.15, 0.2) is 11.5 Å². The summed E-state index contributed by atoms with van der Waals surface area (Å²) in [6.07, 6.45) is 6.23. The molecule has 2 aliphatic rings. The first-order chi connectivity index (χ1) is 18.1. The molecular formula is C28H37N3O6S. The average Bonchev–Trinajstić information content (AvgIpc) is 2.90. The molecule has 9 nitrogen and oxygen atoms in total. The molecule has 0 saturated heterocycles. The van der Waals surface area contributed by atoms with Gasteiger partial charge in [-0.1, -0.05) is 43.5 Å². The number of hydrogen-bond acceptors (Lipinski definition) is 6. The van der Waals surface area contributed by atoms with E-state index in [1.54, 1.807) is 25.1 Å². The van der Waals surface area contributed by atoms with Gasteiger partial charge >= 0.3 is 0 Å². The Morgan fingerprint density at radius 3 is 2.39 bits per heavy atom. The number of sulfonamides is 1. The van der Waals surface area contributed by atoms with Crippen LogP contribution < -0.4 is 19.1 Å². The van der Waals surface area contributed by atoms with Crippen LogP contribution in [0.15, 0.2) is 42.5 Å². The predicted molar refractivity (Wildman–Crippen MR) is 146 cm³/mol. The molecule has 0 aromatic heterocycles. The minimum absolute atomic E-state index is 0.0966. The number of carbonyl (C=O) groups excluding carboxylic acids is 2. The van der Waals surface area contributed by atoms with E-state index in [9.17, 15) is 18.0 Å². The topological polar surface area (TPSA) is 105 Å². The second-order valence-corrected chi connectivity index (χ2v) is 12.0. The van der Waals surface area contributed by atoms with Crippen molar-refractivity contribution in [3.63, 3.8) is 0 Å². The Morgan fingerprint density at radius 1 is 1.03 bits per heavy atom. The molecule has 0 bridgehead atoms. The number of rotatable bonds is 9. The summed E-state index contributed by atoms with van der Waals surface area (Å²) in [5, 5.41) is 3.11. The second kappa shape index (κ2) is 12.1. The highest BCUT2D eigenvalue weighted by molar-refractivity contribution is 7.92. The first-order valence-corrected chi connectivity index (χ1v) is 15.0. The first kappa shape index (κ1) is 27.8. The molecule has 2 amide bonds. The van der Waals surface area contributed by atoms with E-state index in [1.165, 1.54) is 11.3 Å². The number of nitrogens with zero attached hydrogens (tertiary/aromatic N) is 2. The van der Waals surface area contributed by atoms with Crippen molar-refractivity contribution in [2.75, 3.05) is 30.3 Å². The zero-order valence-corrected chi connectivity index (χ0v) is 23.1. The number of benzene rings is 2. The van der Waals surface area contributed by atoms with Gasteiger partial charge in [0.25, 0.3) is 0 Å². The lowest BCUT2D eigenvalue weighted by Crippen LogP contribution is -2.53. The van der Waals surface area contributed by atoms with Crippen molar-refractivity contribution in [1.29, 1.82) is 0 Å². The highest BCUT2D eigenvalue weighted by Crippen LogP contribution is 2.34. The smallest absolute Gasteiger partial charge is 0.244 e. The highest BCUT2D eigenvalue weighted by atomic mass is 32.2. The lowest BCUT2D eigenvalue weighted by atomic mass is 9.95. The molecule has 38 heavy (non-hydrogen) atoms. The van der Waals surface area contributed by atoms with Gasteiger partial charge in [-0.2, -0.15) is 0 Å². The molecule has 1 N–H and O–H groups in total. The molecule has 2 aromatic rings. The third kappa shape index (κ3) is 6.78. The average molecular weight is 544 g/mol. The fraction of sp³-hybridized carbons (Fsp3) is 0.500. The molecule has 0 radical (unpaired) electrons. The molecule has 1 aliphatic carbocycles. The first-order valence-electron chi connectivity index (χ1n) is 13.1. The van der Waals surface area contributed by atoms with Crippen molar-refractivity contribution in [1.82, 2.24) is 10.2 Å². The van der Waals surface area contributed by atoms with Gasteiger partial charge in [0.05, 0.1) is 11.9 Å². The number of aryl methyl sites for hydroxylation is 1. The minimum atomic E-state index is -3.83. The standard InChI is InChI=1S/C28H37N3O6S/c1-20-9-7-8-10-22(20)18-30(21(2)28(33)29-23-11-5-4-6-12-23)27(32)19-31(38(3,34)35)24-13-14-25-26(17-24)37-16-15-36-25/h7-10,13-14,17,21,23H,4-6,11-12,15-16,18-19H2,1-3H3,(H,29,33). The highest BCUT2D eigenvalue weighted by Gasteiger charge is 2.32. The maximum absolute atomic E-state index is 13.8. The summed E-state index contributed by atoms with van der Waals surface area (Å²) in [5.74, 6) is 0.240. The van der Waals surface area contributed by atoms with Crippen molar-refractivity contribution in [3.8, 4) is 11.5 Å². The number of anilines is 1. The Hall–Kier alpha value is -3.27. The second-order valence-electron chi connectivity index (χ2n) is 10.1. The number of carbonyl (C=O) groups is 2. The summed E-state index contributed by atoms with van der Waals surface area (Å²) in [7, 11) is -3.83. The van der Waals surface area contributed by atoms with E-state index in [0.29, 0.717) is 30.4 Å². The zero-order chi connectivity index (χ0) is 27.3. The number of hydrogen-bond donors (Lipinski definition) is 1. The molecule has 1 unspecified atom stereocenters. The Bertz CT molecular complexity index is 1260. The minimum Gasteiger partial charge on any atom is -0.486 e. The molecule has 1 atom stereocenters. The van der Waals surface area contributed by atoms with Gasteiger partial charge in [0.2, 0.25) is 21.8 Å². The van der Waals surface area contributed by atoms with Crippen LogP contribution in [0.1, 0.15) is 50.2 Å². The molecule has 1 heterocycles. The summed E-state index contributed by atoms with van der Waals surface area (Å²) < 4.78 is 37.9. The lowest BCUT2D eigenvalue weighted by Gasteiger charge is -2.33. The van der Waals surface area contributed by atoms with E-state index in [4.69, 9.17) is 9.47 Å². The van der Waals surface area contributed by atoms with Crippen LogP contribution in [0.5, 0.6) is 11.5 Å². The molecule has 206 valence electrons. The zero-order valence-electron chi connectivity index (χ0n) is 22.3. The van der Waals surface area contributed by atoms with Crippen LogP contribution in [0.2, 0.25) is 0 Å². The van der Waals surface area contributed by atoms with Gasteiger partial charge in [-0.25, -0.2) is 8.42 Å². The SMILES string of the molecule is Cc1ccccc1CN(C(=O)CN(c1ccc2c(c1)OCCO2)S(C)(=O)=O)C(C)C(=O)NC1CCCCC1. The summed E-state index contributed by atoms with van der Waals surface area (Å²) in [5.41, 5.74) is 2.17. The van der Waals surface area contributed by atoms with E-state index >= 15 is 0 Å². The number of ether oxygens (including phenoxy) is 2. The molecule has 0 spiro atoms. The van der Waals surface area contributed by atoms with Gasteiger partial charge in [0.1, 0.15) is 25.8 Å². The maximum atomic E-state index is 13.8. The monoisotopic (exact) mass is 543 g/mol. The lowest BCUT2D eigenvalue weighted by molar-refractivity contribution is -0.139. The van der Waals surface area contributed by atoms with E-state index in [-0.39, 0.29) is 18.5 Å². The Morgan fingerprint density at radius 2 is 1.71 bits per heavy atom. The molecule has 2 aromatic carbocycles. The molecule has 1 saturated carbocycles. The van der Waals surface area contributed by atoms with E-state index < -0.39 is 28.5 Å². The maximum Gasteiger partial charge on any atom is 0.244 e. The van der Waals surface area contributed by atoms with Crippen LogP contribution in [0, 0.1) is 6.92 Å². The van der Waals surface area contributed by atoms with Crippen LogP contribution in [-0.2, 0) is 26.2 Å². The summed E-state index contributed by atoms with van der Waals surface area (Å²) in [6.45, 7) is 4.14. The number of nitrogens with one attached hydrogen (secondary N) is 1. The Labute approximate surface area is 225 Å². The molecule has 4 rings (SSSR count). The molecular weight excluding hydrogens is 506 g/mol.